The van der Waals surface area contributed by atoms with E-state index >= 15 is 0 Å². The van der Waals surface area contributed by atoms with Gasteiger partial charge in [-0.25, -0.2) is 17.6 Å². The van der Waals surface area contributed by atoms with E-state index in [4.69, 9.17) is 11.6 Å². The Hall–Kier alpha value is -1.73. The van der Waals surface area contributed by atoms with Crippen LogP contribution in [0.2, 0.25) is 5.02 Å². The van der Waals surface area contributed by atoms with Gasteiger partial charge in [0.1, 0.15) is 0 Å². The molecule has 1 aromatic carbocycles. The molecule has 0 bridgehead atoms. The molecule has 0 aliphatic heterocycles. The molecule has 0 saturated heterocycles. The van der Waals surface area contributed by atoms with Gasteiger partial charge in [-0.2, -0.15) is 0 Å². The Bertz CT molecular complexity index is 714. The zero-order valence-corrected chi connectivity index (χ0v) is 13.6. The third-order valence-corrected chi connectivity index (χ3v) is 4.46. The van der Waals surface area contributed by atoms with E-state index in [0.717, 1.165) is 11.3 Å². The second kappa shape index (κ2) is 7.44. The number of hydrogen-bond donors (Lipinski definition) is 0. The number of carbonyl (C=O) groups is 2. The Morgan fingerprint density at radius 2 is 1.71 bits per heavy atom. The minimum absolute atomic E-state index is 0.0422. The first kappa shape index (κ1) is 18.6. The fraction of sp³-hybridized carbons (Fsp3) is 0.250. The van der Waals surface area contributed by atoms with Gasteiger partial charge in [-0.15, -0.1) is 11.3 Å². The van der Waals surface area contributed by atoms with E-state index < -0.39 is 36.3 Å². The molecule has 0 radical (unpaired) electrons. The molecule has 0 spiro atoms. The monoisotopic (exact) mass is 378 g/mol. The molecule has 128 valence electrons. The van der Waals surface area contributed by atoms with Gasteiger partial charge in [0.05, 0.1) is 10.8 Å². The number of benzene rings is 1. The molecule has 0 aliphatic rings. The maximum Gasteiger partial charge on any atom is 0.308 e. The molecule has 0 aliphatic carbocycles. The summed E-state index contributed by atoms with van der Waals surface area (Å²) in [7, 11) is 0. The van der Waals surface area contributed by atoms with Crippen molar-refractivity contribution in [3.8, 4) is 0 Å². The fourth-order valence-corrected chi connectivity index (χ4v) is 2.92. The van der Waals surface area contributed by atoms with Gasteiger partial charge in [-0.3, -0.25) is 9.59 Å². The maximum atomic E-state index is 13.5. The largest absolute Gasteiger partial charge is 0.308 e. The number of alkyl halides is 4. The van der Waals surface area contributed by atoms with Crippen LogP contribution in [0.5, 0.6) is 0 Å². The molecule has 2 nitrogen and oxygen atoms in total. The van der Waals surface area contributed by atoms with Gasteiger partial charge >= 0.3 is 12.3 Å². The lowest BCUT2D eigenvalue weighted by molar-refractivity contribution is -0.136. The Labute approximate surface area is 144 Å². The maximum absolute atomic E-state index is 13.5. The van der Waals surface area contributed by atoms with Crippen molar-refractivity contribution in [1.29, 1.82) is 0 Å². The predicted molar refractivity (Wildman–Crippen MR) is 83.5 cm³/mol. The van der Waals surface area contributed by atoms with E-state index in [0.29, 0.717) is 5.02 Å². The van der Waals surface area contributed by atoms with Crippen LogP contribution >= 0.6 is 22.9 Å². The summed E-state index contributed by atoms with van der Waals surface area (Å²) in [6, 6.07) is 8.10. The van der Waals surface area contributed by atoms with Crippen molar-refractivity contribution in [1.82, 2.24) is 0 Å². The summed E-state index contributed by atoms with van der Waals surface area (Å²) in [5.74, 6) is -8.18. The third kappa shape index (κ3) is 4.21. The first-order valence-corrected chi connectivity index (χ1v) is 8.01. The van der Waals surface area contributed by atoms with E-state index in [1.165, 1.54) is 41.8 Å². The third-order valence-electron chi connectivity index (χ3n) is 3.32. The number of halogens is 5. The number of ketones is 2. The normalized spacial score (nSPS) is 13.1. The number of Topliss-reactive ketones (excluding diaryl/α,β-unsaturated/α-hetero) is 2. The highest BCUT2D eigenvalue weighted by molar-refractivity contribution is 7.12. The molecule has 24 heavy (non-hydrogen) atoms. The summed E-state index contributed by atoms with van der Waals surface area (Å²) < 4.78 is 52.0. The Morgan fingerprint density at radius 1 is 1.08 bits per heavy atom. The van der Waals surface area contributed by atoms with E-state index in [2.05, 4.69) is 0 Å². The zero-order chi connectivity index (χ0) is 17.9. The Balaban J connectivity index is 2.36. The highest BCUT2D eigenvalue weighted by atomic mass is 35.5. The van der Waals surface area contributed by atoms with Crippen LogP contribution in [0, 0.1) is 5.92 Å². The molecule has 8 heteroatoms. The highest BCUT2D eigenvalue weighted by Crippen LogP contribution is 2.34. The fourth-order valence-electron chi connectivity index (χ4n) is 2.07. The van der Waals surface area contributed by atoms with Gasteiger partial charge in [-0.05, 0) is 35.7 Å². The zero-order valence-electron chi connectivity index (χ0n) is 12.0. The van der Waals surface area contributed by atoms with Crippen LogP contribution < -0.4 is 0 Å². The van der Waals surface area contributed by atoms with Crippen molar-refractivity contribution < 1.29 is 27.2 Å². The van der Waals surface area contributed by atoms with Crippen molar-refractivity contribution in [3.05, 3.63) is 57.2 Å². The minimum Gasteiger partial charge on any atom is -0.293 e. The summed E-state index contributed by atoms with van der Waals surface area (Å²) >= 11 is 6.65. The number of carbonyl (C=O) groups excluding carboxylic acids is 2. The SMILES string of the molecule is O=C(c1ccc(Cl)cc1)C(CC(F)(F)C(F)F)C(=O)c1cccs1. The summed E-state index contributed by atoms with van der Waals surface area (Å²) in [5.41, 5.74) is -0.0422. The van der Waals surface area contributed by atoms with Crippen LogP contribution in [0.15, 0.2) is 41.8 Å². The molecule has 0 fully saturated rings. The van der Waals surface area contributed by atoms with Crippen molar-refractivity contribution in [2.75, 3.05) is 0 Å². The van der Waals surface area contributed by atoms with Crippen molar-refractivity contribution in [3.63, 3.8) is 0 Å². The molecule has 2 aromatic rings. The second-order valence-electron chi connectivity index (χ2n) is 5.03. The number of hydrogen-bond acceptors (Lipinski definition) is 3. The van der Waals surface area contributed by atoms with Crippen molar-refractivity contribution in [2.24, 2.45) is 5.92 Å². The van der Waals surface area contributed by atoms with Crippen LogP contribution in [-0.2, 0) is 0 Å². The van der Waals surface area contributed by atoms with E-state index in [9.17, 15) is 27.2 Å². The average molecular weight is 379 g/mol. The van der Waals surface area contributed by atoms with Crippen molar-refractivity contribution >= 4 is 34.5 Å². The first-order chi connectivity index (χ1) is 11.2. The summed E-state index contributed by atoms with van der Waals surface area (Å²) in [6.45, 7) is 0. The lowest BCUT2D eigenvalue weighted by Crippen LogP contribution is -2.36. The second-order valence-corrected chi connectivity index (χ2v) is 6.42. The average Bonchev–Trinajstić information content (AvgIpc) is 3.06. The molecule has 1 atom stereocenters. The lowest BCUT2D eigenvalue weighted by Gasteiger charge is -2.21. The topological polar surface area (TPSA) is 34.1 Å². The molecule has 0 amide bonds. The molecular formula is C16H11ClF4O2S. The number of thiophene rings is 1. The molecular weight excluding hydrogens is 368 g/mol. The summed E-state index contributed by atoms with van der Waals surface area (Å²) in [6.07, 6.45) is -5.52. The van der Waals surface area contributed by atoms with Gasteiger partial charge in [0.25, 0.3) is 0 Å². The molecule has 2 rings (SSSR count). The van der Waals surface area contributed by atoms with Crippen LogP contribution in [0.4, 0.5) is 17.6 Å². The van der Waals surface area contributed by atoms with E-state index in [1.54, 1.807) is 0 Å². The summed E-state index contributed by atoms with van der Waals surface area (Å²) in [4.78, 5) is 24.9. The molecule has 0 saturated carbocycles. The highest BCUT2D eigenvalue weighted by Gasteiger charge is 2.46. The Morgan fingerprint density at radius 3 is 2.21 bits per heavy atom. The standard InChI is InChI=1S/C16H11ClF4O2S/c17-10-5-3-9(4-6-10)13(22)11(8-16(20,21)15(18)19)14(23)12-2-1-7-24-12/h1-7,11,15H,8H2. The Kier molecular flexibility index (Phi) is 5.77. The lowest BCUT2D eigenvalue weighted by atomic mass is 9.87. The van der Waals surface area contributed by atoms with Gasteiger partial charge in [0, 0.05) is 17.0 Å². The van der Waals surface area contributed by atoms with E-state index in [1.807, 2.05) is 0 Å². The quantitative estimate of drug-likeness (QED) is 0.368. The predicted octanol–water partition coefficient (Wildman–Crippen LogP) is 5.37. The molecule has 1 heterocycles. The van der Waals surface area contributed by atoms with Crippen LogP contribution in [0.1, 0.15) is 26.5 Å². The van der Waals surface area contributed by atoms with Crippen LogP contribution in [-0.4, -0.2) is 23.9 Å². The van der Waals surface area contributed by atoms with Gasteiger partial charge in [-0.1, -0.05) is 17.7 Å². The van der Waals surface area contributed by atoms with Gasteiger partial charge in [0.15, 0.2) is 11.6 Å². The molecule has 1 aromatic heterocycles. The van der Waals surface area contributed by atoms with Crippen LogP contribution in [0.3, 0.4) is 0 Å². The van der Waals surface area contributed by atoms with Crippen LogP contribution in [0.25, 0.3) is 0 Å². The summed E-state index contributed by atoms with van der Waals surface area (Å²) in [5, 5.41) is 1.84. The van der Waals surface area contributed by atoms with Gasteiger partial charge in [0.2, 0.25) is 0 Å². The van der Waals surface area contributed by atoms with Gasteiger partial charge < -0.3 is 0 Å². The number of rotatable bonds is 7. The molecule has 0 N–H and O–H groups in total. The first-order valence-electron chi connectivity index (χ1n) is 6.76. The van der Waals surface area contributed by atoms with Crippen molar-refractivity contribution in [2.45, 2.75) is 18.8 Å². The van der Waals surface area contributed by atoms with E-state index in [-0.39, 0.29) is 10.4 Å². The minimum atomic E-state index is -4.44. The smallest absolute Gasteiger partial charge is 0.293 e. The molecule has 1 unspecified atom stereocenters.